The van der Waals surface area contributed by atoms with E-state index in [0.29, 0.717) is 29.3 Å². The van der Waals surface area contributed by atoms with E-state index in [1.807, 2.05) is 4.57 Å². The van der Waals surface area contributed by atoms with Crippen molar-refractivity contribution < 1.29 is 18.0 Å². The van der Waals surface area contributed by atoms with Gasteiger partial charge in [-0.05, 0) is 62.3 Å². The Hall–Kier alpha value is -2.85. The van der Waals surface area contributed by atoms with Crippen LogP contribution in [0.15, 0.2) is 47.6 Å². The molecular formula is C22H22F3N5OS. The Morgan fingerprint density at radius 1 is 0.969 bits per heavy atom. The maximum absolute atomic E-state index is 13.8. The zero-order valence-electron chi connectivity index (χ0n) is 17.2. The van der Waals surface area contributed by atoms with E-state index in [2.05, 4.69) is 20.4 Å². The Kier molecular flexibility index (Phi) is 7.11. The molecule has 0 unspecified atom stereocenters. The van der Waals surface area contributed by atoms with Crippen molar-refractivity contribution in [1.29, 1.82) is 0 Å². The number of aromatic nitrogens is 3. The fourth-order valence-corrected chi connectivity index (χ4v) is 4.34. The molecule has 2 aromatic carbocycles. The van der Waals surface area contributed by atoms with Crippen molar-refractivity contribution in [2.24, 2.45) is 0 Å². The third kappa shape index (κ3) is 5.49. The maximum Gasteiger partial charge on any atom is 0.234 e. The van der Waals surface area contributed by atoms with Crippen LogP contribution in [0.25, 0.3) is 5.69 Å². The van der Waals surface area contributed by atoms with Crippen LogP contribution in [0.3, 0.4) is 0 Å². The molecule has 32 heavy (non-hydrogen) atoms. The number of rotatable bonds is 7. The predicted octanol–water partition coefficient (Wildman–Crippen LogP) is 4.40. The monoisotopic (exact) mass is 461 g/mol. The van der Waals surface area contributed by atoms with Crippen molar-refractivity contribution in [2.75, 3.05) is 24.2 Å². The van der Waals surface area contributed by atoms with Gasteiger partial charge >= 0.3 is 0 Å². The van der Waals surface area contributed by atoms with Crippen LogP contribution in [0, 0.1) is 17.5 Å². The number of nitrogens with one attached hydrogen (secondary N) is 1. The molecule has 10 heteroatoms. The third-order valence-corrected chi connectivity index (χ3v) is 6.07. The Morgan fingerprint density at radius 3 is 2.41 bits per heavy atom. The zero-order chi connectivity index (χ0) is 22.5. The van der Waals surface area contributed by atoms with E-state index in [1.54, 1.807) is 12.1 Å². The Bertz CT molecular complexity index is 1080. The van der Waals surface area contributed by atoms with Gasteiger partial charge in [-0.25, -0.2) is 13.2 Å². The quantitative estimate of drug-likeness (QED) is 0.529. The molecule has 1 amide bonds. The number of benzene rings is 2. The van der Waals surface area contributed by atoms with Crippen LogP contribution in [0.4, 0.5) is 18.9 Å². The number of anilines is 1. The average molecular weight is 462 g/mol. The van der Waals surface area contributed by atoms with Crippen molar-refractivity contribution in [3.63, 3.8) is 0 Å². The van der Waals surface area contributed by atoms with Crippen LogP contribution in [0.2, 0.25) is 0 Å². The van der Waals surface area contributed by atoms with Crippen LogP contribution in [-0.2, 0) is 11.3 Å². The lowest BCUT2D eigenvalue weighted by Gasteiger charge is -2.26. The summed E-state index contributed by atoms with van der Waals surface area (Å²) in [5.74, 6) is -1.74. The van der Waals surface area contributed by atoms with E-state index >= 15 is 0 Å². The Labute approximate surface area is 187 Å². The number of likely N-dealkylation sites (tertiary alicyclic amines) is 1. The molecule has 2 heterocycles. The molecular weight excluding hydrogens is 439 g/mol. The highest BCUT2D eigenvalue weighted by atomic mass is 32.2. The molecule has 3 aromatic rings. The smallest absolute Gasteiger partial charge is 0.234 e. The van der Waals surface area contributed by atoms with E-state index in [-0.39, 0.29) is 17.3 Å². The number of amides is 1. The van der Waals surface area contributed by atoms with Crippen LogP contribution in [-0.4, -0.2) is 44.4 Å². The molecule has 168 valence electrons. The molecule has 0 aliphatic carbocycles. The minimum Gasteiger partial charge on any atom is -0.323 e. The van der Waals surface area contributed by atoms with Gasteiger partial charge in [-0.15, -0.1) is 10.2 Å². The molecule has 1 saturated heterocycles. The molecule has 6 nitrogen and oxygen atoms in total. The van der Waals surface area contributed by atoms with Gasteiger partial charge in [0.15, 0.2) is 11.0 Å². The van der Waals surface area contributed by atoms with Gasteiger partial charge in [0, 0.05) is 11.8 Å². The Morgan fingerprint density at radius 2 is 1.69 bits per heavy atom. The number of hydrogen-bond donors (Lipinski definition) is 1. The van der Waals surface area contributed by atoms with Crippen LogP contribution >= 0.6 is 11.8 Å². The second-order valence-electron chi connectivity index (χ2n) is 7.51. The van der Waals surface area contributed by atoms with E-state index in [1.165, 1.54) is 24.6 Å². The lowest BCUT2D eigenvalue weighted by atomic mass is 10.1. The summed E-state index contributed by atoms with van der Waals surface area (Å²) in [5, 5.41) is 11.5. The minimum atomic E-state index is -0.846. The minimum absolute atomic E-state index is 0.0557. The molecule has 0 saturated carbocycles. The van der Waals surface area contributed by atoms with Crippen LogP contribution < -0.4 is 5.32 Å². The highest BCUT2D eigenvalue weighted by Crippen LogP contribution is 2.24. The summed E-state index contributed by atoms with van der Waals surface area (Å²) in [4.78, 5) is 14.6. The molecule has 1 aliphatic rings. The average Bonchev–Trinajstić information content (AvgIpc) is 3.18. The topological polar surface area (TPSA) is 63.1 Å². The normalized spacial score (nSPS) is 14.5. The number of carbonyl (C=O) groups excluding carboxylic acids is 1. The van der Waals surface area contributed by atoms with Gasteiger partial charge < -0.3 is 5.32 Å². The summed E-state index contributed by atoms with van der Waals surface area (Å²) in [6, 6.07) is 8.94. The number of hydrogen-bond acceptors (Lipinski definition) is 5. The molecule has 0 atom stereocenters. The fraction of sp³-hybridized carbons (Fsp3) is 0.318. The van der Waals surface area contributed by atoms with Crippen molar-refractivity contribution in [3.05, 3.63) is 65.7 Å². The number of carbonyl (C=O) groups is 1. The first kappa shape index (κ1) is 22.3. The number of nitrogens with zero attached hydrogens (tertiary/aromatic N) is 4. The maximum atomic E-state index is 13.8. The molecule has 0 spiro atoms. The summed E-state index contributed by atoms with van der Waals surface area (Å²) >= 11 is 1.13. The lowest BCUT2D eigenvalue weighted by molar-refractivity contribution is -0.113. The number of piperidine rings is 1. The molecule has 1 fully saturated rings. The predicted molar refractivity (Wildman–Crippen MR) is 116 cm³/mol. The summed E-state index contributed by atoms with van der Waals surface area (Å²) in [7, 11) is 0. The third-order valence-electron chi connectivity index (χ3n) is 5.14. The summed E-state index contributed by atoms with van der Waals surface area (Å²) < 4.78 is 42.1. The molecule has 1 aliphatic heterocycles. The first-order chi connectivity index (χ1) is 15.5. The van der Waals surface area contributed by atoms with Crippen molar-refractivity contribution in [2.45, 2.75) is 31.0 Å². The molecule has 0 bridgehead atoms. The van der Waals surface area contributed by atoms with E-state index in [0.717, 1.165) is 43.8 Å². The van der Waals surface area contributed by atoms with Crippen LogP contribution in [0.1, 0.15) is 25.1 Å². The second kappa shape index (κ2) is 10.2. The van der Waals surface area contributed by atoms with Crippen LogP contribution in [0.5, 0.6) is 0 Å². The molecule has 1 aromatic heterocycles. The highest BCUT2D eigenvalue weighted by molar-refractivity contribution is 7.99. The highest BCUT2D eigenvalue weighted by Gasteiger charge is 2.20. The van der Waals surface area contributed by atoms with Gasteiger partial charge in [-0.2, -0.15) is 0 Å². The van der Waals surface area contributed by atoms with Gasteiger partial charge in [0.25, 0.3) is 0 Å². The fourth-order valence-electron chi connectivity index (χ4n) is 3.57. The zero-order valence-corrected chi connectivity index (χ0v) is 18.0. The summed E-state index contributed by atoms with van der Waals surface area (Å²) in [6.45, 7) is 2.55. The molecule has 4 rings (SSSR count). The van der Waals surface area contributed by atoms with E-state index in [9.17, 15) is 18.0 Å². The van der Waals surface area contributed by atoms with Gasteiger partial charge in [-0.1, -0.05) is 18.2 Å². The first-order valence-electron chi connectivity index (χ1n) is 10.3. The van der Waals surface area contributed by atoms with Gasteiger partial charge in [0.1, 0.15) is 17.5 Å². The van der Waals surface area contributed by atoms with Gasteiger partial charge in [0.2, 0.25) is 5.91 Å². The second-order valence-corrected chi connectivity index (χ2v) is 8.45. The SMILES string of the molecule is O=C(CSc1nnc(CN2CCCCC2)n1-c1ccc(F)cc1)Nc1ccc(F)cc1F. The largest absolute Gasteiger partial charge is 0.323 e. The van der Waals surface area contributed by atoms with Crippen molar-refractivity contribution in [3.8, 4) is 5.69 Å². The summed E-state index contributed by atoms with van der Waals surface area (Å²) in [6.07, 6.45) is 3.48. The molecule has 0 radical (unpaired) electrons. The van der Waals surface area contributed by atoms with Gasteiger partial charge in [0.05, 0.1) is 18.0 Å². The van der Waals surface area contributed by atoms with E-state index in [4.69, 9.17) is 0 Å². The first-order valence-corrected chi connectivity index (χ1v) is 11.3. The molecule has 1 N–H and O–H groups in total. The lowest BCUT2D eigenvalue weighted by Crippen LogP contribution is -2.30. The van der Waals surface area contributed by atoms with E-state index < -0.39 is 17.5 Å². The standard InChI is InChI=1S/C22H22F3N5OS/c23-15-4-7-17(8-5-15)30-20(13-29-10-2-1-3-11-29)27-28-22(30)32-14-21(31)26-19-9-6-16(24)12-18(19)25/h4-9,12H,1-3,10-11,13-14H2,(H,26,31). The Balaban J connectivity index is 1.50. The van der Waals surface area contributed by atoms with Crippen molar-refractivity contribution >= 4 is 23.4 Å². The van der Waals surface area contributed by atoms with Gasteiger partial charge in [-0.3, -0.25) is 14.3 Å². The number of halogens is 3. The van der Waals surface area contributed by atoms with Crippen molar-refractivity contribution in [1.82, 2.24) is 19.7 Å². The number of thioether (sulfide) groups is 1. The summed E-state index contributed by atoms with van der Waals surface area (Å²) in [5.41, 5.74) is 0.596.